The van der Waals surface area contributed by atoms with Gasteiger partial charge in [-0.05, 0) is 46.9 Å². The molecule has 1 heterocycles. The highest BCUT2D eigenvalue weighted by atomic mass is 127. The van der Waals surface area contributed by atoms with Crippen LogP contribution < -0.4 is 0 Å². The standard InChI is InChI=1S/C10H6INO2/c11-8-4-7-3-6(10(13)14)1-2-9(7)12-5-8/h1-5H,(H,13,14). The largest absolute Gasteiger partial charge is 0.478 e. The van der Waals surface area contributed by atoms with Crippen LogP contribution in [0.5, 0.6) is 0 Å². The third kappa shape index (κ3) is 1.70. The van der Waals surface area contributed by atoms with Crippen LogP contribution in [0.15, 0.2) is 30.5 Å². The number of nitrogens with zero attached hydrogens (tertiary/aromatic N) is 1. The monoisotopic (exact) mass is 299 g/mol. The van der Waals surface area contributed by atoms with Gasteiger partial charge in [-0.15, -0.1) is 0 Å². The summed E-state index contributed by atoms with van der Waals surface area (Å²) in [6.07, 6.45) is 1.75. The first-order valence-electron chi connectivity index (χ1n) is 3.95. The van der Waals surface area contributed by atoms with Gasteiger partial charge < -0.3 is 5.11 Å². The van der Waals surface area contributed by atoms with Crippen molar-refractivity contribution < 1.29 is 9.90 Å². The van der Waals surface area contributed by atoms with Crippen LogP contribution >= 0.6 is 22.6 Å². The summed E-state index contributed by atoms with van der Waals surface area (Å²) in [6.45, 7) is 0. The van der Waals surface area contributed by atoms with Crippen molar-refractivity contribution in [2.75, 3.05) is 0 Å². The summed E-state index contributed by atoms with van der Waals surface area (Å²) in [4.78, 5) is 14.9. The Kier molecular flexibility index (Phi) is 2.37. The van der Waals surface area contributed by atoms with E-state index in [9.17, 15) is 4.79 Å². The molecule has 2 aromatic rings. The summed E-state index contributed by atoms with van der Waals surface area (Å²) < 4.78 is 0.998. The number of carboxylic acid groups (broad SMARTS) is 1. The number of carboxylic acids is 1. The zero-order valence-corrected chi connectivity index (χ0v) is 9.22. The first-order valence-corrected chi connectivity index (χ1v) is 5.03. The molecule has 0 saturated heterocycles. The minimum Gasteiger partial charge on any atom is -0.478 e. The Morgan fingerprint density at radius 3 is 2.86 bits per heavy atom. The summed E-state index contributed by atoms with van der Waals surface area (Å²) in [5.74, 6) is -0.911. The molecule has 0 aliphatic rings. The molecule has 0 fully saturated rings. The second-order valence-electron chi connectivity index (χ2n) is 2.87. The van der Waals surface area contributed by atoms with Crippen LogP contribution in [-0.4, -0.2) is 16.1 Å². The summed E-state index contributed by atoms with van der Waals surface area (Å²) in [5, 5.41) is 9.65. The molecule has 0 aliphatic carbocycles. The number of halogens is 1. The molecule has 0 radical (unpaired) electrons. The van der Waals surface area contributed by atoms with Crippen molar-refractivity contribution in [3.8, 4) is 0 Å². The number of pyridine rings is 1. The van der Waals surface area contributed by atoms with Gasteiger partial charge in [0.2, 0.25) is 0 Å². The fourth-order valence-corrected chi connectivity index (χ4v) is 1.71. The number of benzene rings is 1. The molecule has 1 aromatic carbocycles. The van der Waals surface area contributed by atoms with Crippen molar-refractivity contribution in [1.29, 1.82) is 0 Å². The van der Waals surface area contributed by atoms with Crippen molar-refractivity contribution in [3.05, 3.63) is 39.6 Å². The highest BCUT2D eigenvalue weighted by Gasteiger charge is 2.03. The van der Waals surface area contributed by atoms with E-state index in [1.165, 1.54) is 0 Å². The van der Waals surface area contributed by atoms with Gasteiger partial charge in [-0.2, -0.15) is 0 Å². The van der Waals surface area contributed by atoms with Crippen LogP contribution in [0.4, 0.5) is 0 Å². The van der Waals surface area contributed by atoms with Crippen molar-refractivity contribution in [2.45, 2.75) is 0 Å². The summed E-state index contributed by atoms with van der Waals surface area (Å²) >= 11 is 2.15. The second-order valence-corrected chi connectivity index (χ2v) is 4.11. The van der Waals surface area contributed by atoms with Crippen LogP contribution in [-0.2, 0) is 0 Å². The fourth-order valence-electron chi connectivity index (χ4n) is 1.24. The molecule has 0 bridgehead atoms. The maximum atomic E-state index is 10.7. The van der Waals surface area contributed by atoms with Gasteiger partial charge in [0.05, 0.1) is 11.1 Å². The van der Waals surface area contributed by atoms with Gasteiger partial charge in [0.1, 0.15) is 0 Å². The Bertz CT molecular complexity index is 510. The van der Waals surface area contributed by atoms with Gasteiger partial charge in [0.15, 0.2) is 0 Å². The number of carbonyl (C=O) groups is 1. The highest BCUT2D eigenvalue weighted by molar-refractivity contribution is 14.1. The van der Waals surface area contributed by atoms with Crippen molar-refractivity contribution in [3.63, 3.8) is 0 Å². The molecular weight excluding hydrogens is 293 g/mol. The predicted molar refractivity (Wildman–Crippen MR) is 61.4 cm³/mol. The topological polar surface area (TPSA) is 50.2 Å². The number of hydrogen-bond donors (Lipinski definition) is 1. The normalized spacial score (nSPS) is 10.4. The van der Waals surface area contributed by atoms with E-state index >= 15 is 0 Å². The molecule has 3 nitrogen and oxygen atoms in total. The van der Waals surface area contributed by atoms with Crippen LogP contribution in [0, 0.1) is 3.57 Å². The Morgan fingerprint density at radius 2 is 2.14 bits per heavy atom. The molecule has 0 unspecified atom stereocenters. The molecule has 0 spiro atoms. The first-order chi connectivity index (χ1) is 6.66. The number of fused-ring (bicyclic) bond motifs is 1. The lowest BCUT2D eigenvalue weighted by Crippen LogP contribution is -1.95. The van der Waals surface area contributed by atoms with Crippen LogP contribution in [0.3, 0.4) is 0 Å². The smallest absolute Gasteiger partial charge is 0.335 e. The van der Waals surface area contributed by atoms with Crippen LogP contribution in [0.2, 0.25) is 0 Å². The maximum absolute atomic E-state index is 10.7. The van der Waals surface area contributed by atoms with E-state index in [4.69, 9.17) is 5.11 Å². The van der Waals surface area contributed by atoms with Gasteiger partial charge in [0, 0.05) is 15.2 Å². The highest BCUT2D eigenvalue weighted by Crippen LogP contribution is 2.16. The number of aromatic nitrogens is 1. The van der Waals surface area contributed by atoms with Crippen LogP contribution in [0.25, 0.3) is 10.9 Å². The average Bonchev–Trinajstić information content (AvgIpc) is 2.16. The molecule has 2 rings (SSSR count). The molecule has 0 amide bonds. The number of aromatic carboxylic acids is 1. The average molecular weight is 299 g/mol. The minimum absolute atomic E-state index is 0.293. The van der Waals surface area contributed by atoms with E-state index in [1.54, 1.807) is 24.4 Å². The van der Waals surface area contributed by atoms with Crippen molar-refractivity contribution in [1.82, 2.24) is 4.98 Å². The lowest BCUT2D eigenvalue weighted by atomic mass is 10.1. The number of hydrogen-bond acceptors (Lipinski definition) is 2. The lowest BCUT2D eigenvalue weighted by molar-refractivity contribution is 0.0697. The second kappa shape index (κ2) is 3.53. The molecular formula is C10H6INO2. The van der Waals surface area contributed by atoms with E-state index < -0.39 is 5.97 Å². The molecule has 0 atom stereocenters. The van der Waals surface area contributed by atoms with E-state index in [2.05, 4.69) is 27.6 Å². The first kappa shape index (κ1) is 9.39. The van der Waals surface area contributed by atoms with E-state index in [1.807, 2.05) is 6.07 Å². The predicted octanol–water partition coefficient (Wildman–Crippen LogP) is 2.54. The third-order valence-corrected chi connectivity index (χ3v) is 2.48. The van der Waals surface area contributed by atoms with Gasteiger partial charge in [-0.3, -0.25) is 4.98 Å². The summed E-state index contributed by atoms with van der Waals surface area (Å²) in [6, 6.07) is 6.82. The Labute approximate surface area is 93.9 Å². The minimum atomic E-state index is -0.911. The maximum Gasteiger partial charge on any atom is 0.335 e. The lowest BCUT2D eigenvalue weighted by Gasteiger charge is -1.99. The van der Waals surface area contributed by atoms with E-state index in [-0.39, 0.29) is 0 Å². The van der Waals surface area contributed by atoms with Gasteiger partial charge in [0.25, 0.3) is 0 Å². The zero-order chi connectivity index (χ0) is 10.1. The summed E-state index contributed by atoms with van der Waals surface area (Å²) in [7, 11) is 0. The van der Waals surface area contributed by atoms with Crippen LogP contribution in [0.1, 0.15) is 10.4 Å². The SMILES string of the molecule is O=C(O)c1ccc2ncc(I)cc2c1. The van der Waals surface area contributed by atoms with E-state index in [0.717, 1.165) is 14.5 Å². The van der Waals surface area contributed by atoms with Gasteiger partial charge in [-0.1, -0.05) is 0 Å². The Morgan fingerprint density at radius 1 is 1.36 bits per heavy atom. The Balaban J connectivity index is 2.69. The molecule has 14 heavy (non-hydrogen) atoms. The van der Waals surface area contributed by atoms with E-state index in [0.29, 0.717) is 5.56 Å². The fraction of sp³-hybridized carbons (Fsp3) is 0. The quantitative estimate of drug-likeness (QED) is 0.823. The molecule has 0 saturated carbocycles. The molecule has 4 heteroatoms. The molecule has 0 aliphatic heterocycles. The van der Waals surface area contributed by atoms with Crippen molar-refractivity contribution in [2.24, 2.45) is 0 Å². The van der Waals surface area contributed by atoms with Gasteiger partial charge in [-0.25, -0.2) is 4.79 Å². The summed E-state index contributed by atoms with van der Waals surface area (Å²) in [5.41, 5.74) is 1.11. The molecule has 70 valence electrons. The van der Waals surface area contributed by atoms with Crippen molar-refractivity contribution >= 4 is 39.5 Å². The molecule has 1 aromatic heterocycles. The Hall–Kier alpha value is -1.17. The third-order valence-electron chi connectivity index (χ3n) is 1.89. The zero-order valence-electron chi connectivity index (χ0n) is 7.07. The van der Waals surface area contributed by atoms with Gasteiger partial charge >= 0.3 is 5.97 Å². The number of rotatable bonds is 1. The molecule has 1 N–H and O–H groups in total.